The van der Waals surface area contributed by atoms with Crippen molar-refractivity contribution in [3.05, 3.63) is 15.6 Å². The number of hydrogen-bond donors (Lipinski definition) is 1. The minimum atomic E-state index is 0.603. The van der Waals surface area contributed by atoms with Crippen LogP contribution in [0, 0.1) is 0 Å². The zero-order valence-corrected chi connectivity index (χ0v) is 14.2. The van der Waals surface area contributed by atoms with Gasteiger partial charge in [-0.25, -0.2) is 9.97 Å². The van der Waals surface area contributed by atoms with Crippen LogP contribution in [0.2, 0.25) is 5.15 Å². The highest BCUT2D eigenvalue weighted by Crippen LogP contribution is 2.38. The van der Waals surface area contributed by atoms with E-state index in [9.17, 15) is 0 Å². The fourth-order valence-corrected chi connectivity index (χ4v) is 4.36. The van der Waals surface area contributed by atoms with Crippen LogP contribution in [0.4, 0.5) is 5.95 Å². The smallest absolute Gasteiger partial charge is 0.225 e. The van der Waals surface area contributed by atoms with Gasteiger partial charge in [0.05, 0.1) is 5.39 Å². The predicted octanol–water partition coefficient (Wildman–Crippen LogP) is 3.59. The molecule has 0 fully saturated rings. The fourth-order valence-electron chi connectivity index (χ4n) is 2.76. The van der Waals surface area contributed by atoms with Crippen molar-refractivity contribution in [1.82, 2.24) is 14.9 Å². The zero-order chi connectivity index (χ0) is 14.8. The molecule has 2 aromatic rings. The molecule has 114 valence electrons. The Morgan fingerprint density at radius 3 is 2.81 bits per heavy atom. The van der Waals surface area contributed by atoms with Crippen molar-refractivity contribution in [2.45, 2.75) is 32.1 Å². The number of nitrogens with one attached hydrogen (secondary N) is 1. The van der Waals surface area contributed by atoms with Gasteiger partial charge in [0.25, 0.3) is 0 Å². The highest BCUT2D eigenvalue weighted by molar-refractivity contribution is 7.19. The van der Waals surface area contributed by atoms with Gasteiger partial charge in [-0.1, -0.05) is 18.0 Å². The third-order valence-corrected chi connectivity index (χ3v) is 5.32. The van der Waals surface area contributed by atoms with Gasteiger partial charge in [0.2, 0.25) is 5.95 Å². The second kappa shape index (κ2) is 6.46. The molecule has 6 heteroatoms. The van der Waals surface area contributed by atoms with Gasteiger partial charge < -0.3 is 10.2 Å². The van der Waals surface area contributed by atoms with E-state index in [1.165, 1.54) is 29.7 Å². The van der Waals surface area contributed by atoms with Gasteiger partial charge in [-0.05, 0) is 45.3 Å². The Morgan fingerprint density at radius 1 is 1.19 bits per heavy atom. The topological polar surface area (TPSA) is 41.0 Å². The molecule has 0 saturated carbocycles. The van der Waals surface area contributed by atoms with Crippen LogP contribution in [0.5, 0.6) is 0 Å². The molecule has 2 heterocycles. The Bertz CT molecular complexity index is 638. The summed E-state index contributed by atoms with van der Waals surface area (Å²) in [6.45, 7) is 1.76. The van der Waals surface area contributed by atoms with E-state index in [1.54, 1.807) is 11.3 Å². The van der Waals surface area contributed by atoms with Crippen LogP contribution in [-0.4, -0.2) is 42.1 Å². The SMILES string of the molecule is CN(C)CCNc1nc(Cl)c2c3c(sc2n1)CCCCC3. The Balaban J connectivity index is 1.90. The van der Waals surface area contributed by atoms with Crippen LogP contribution >= 0.6 is 22.9 Å². The number of nitrogens with zero attached hydrogens (tertiary/aromatic N) is 3. The number of fused-ring (bicyclic) bond motifs is 3. The molecule has 1 aliphatic rings. The minimum Gasteiger partial charge on any atom is -0.353 e. The van der Waals surface area contributed by atoms with Crippen LogP contribution in [0.3, 0.4) is 0 Å². The number of aromatic nitrogens is 2. The molecular formula is C15H21ClN4S. The summed E-state index contributed by atoms with van der Waals surface area (Å²) >= 11 is 8.24. The number of anilines is 1. The van der Waals surface area contributed by atoms with Gasteiger partial charge in [-0.15, -0.1) is 11.3 Å². The number of halogens is 1. The monoisotopic (exact) mass is 324 g/mol. The number of thiophene rings is 1. The lowest BCUT2D eigenvalue weighted by atomic mass is 10.1. The van der Waals surface area contributed by atoms with Gasteiger partial charge in [-0.2, -0.15) is 0 Å². The lowest BCUT2D eigenvalue weighted by Crippen LogP contribution is -2.21. The molecule has 4 nitrogen and oxygen atoms in total. The van der Waals surface area contributed by atoms with E-state index < -0.39 is 0 Å². The zero-order valence-electron chi connectivity index (χ0n) is 12.6. The minimum absolute atomic E-state index is 0.603. The fraction of sp³-hybridized carbons (Fsp3) is 0.600. The molecular weight excluding hydrogens is 304 g/mol. The summed E-state index contributed by atoms with van der Waals surface area (Å²) in [7, 11) is 4.10. The molecule has 0 unspecified atom stereocenters. The molecule has 0 amide bonds. The molecule has 3 rings (SSSR count). The Labute approximate surface area is 134 Å². The van der Waals surface area contributed by atoms with Gasteiger partial charge in [0, 0.05) is 18.0 Å². The van der Waals surface area contributed by atoms with Crippen molar-refractivity contribution in [3.63, 3.8) is 0 Å². The molecule has 1 N–H and O–H groups in total. The Kier molecular flexibility index (Phi) is 4.62. The van der Waals surface area contributed by atoms with E-state index in [1.807, 2.05) is 0 Å². The lowest BCUT2D eigenvalue weighted by Gasteiger charge is -2.10. The summed E-state index contributed by atoms with van der Waals surface area (Å²) in [5.41, 5.74) is 1.40. The van der Waals surface area contributed by atoms with Gasteiger partial charge in [0.1, 0.15) is 9.98 Å². The second-order valence-electron chi connectivity index (χ2n) is 5.81. The average molecular weight is 325 g/mol. The molecule has 0 aromatic carbocycles. The van der Waals surface area contributed by atoms with Gasteiger partial charge >= 0.3 is 0 Å². The maximum Gasteiger partial charge on any atom is 0.225 e. The number of aryl methyl sites for hydroxylation is 2. The largest absolute Gasteiger partial charge is 0.353 e. The lowest BCUT2D eigenvalue weighted by molar-refractivity contribution is 0.425. The predicted molar refractivity (Wildman–Crippen MR) is 90.7 cm³/mol. The highest BCUT2D eigenvalue weighted by atomic mass is 35.5. The first-order valence-electron chi connectivity index (χ1n) is 7.51. The molecule has 0 aliphatic heterocycles. The van der Waals surface area contributed by atoms with E-state index in [0.717, 1.165) is 36.1 Å². The van der Waals surface area contributed by atoms with Crippen LogP contribution in [0.1, 0.15) is 29.7 Å². The maximum atomic E-state index is 6.44. The van der Waals surface area contributed by atoms with Crippen LogP contribution in [0.25, 0.3) is 10.2 Å². The van der Waals surface area contributed by atoms with Crippen molar-refractivity contribution in [3.8, 4) is 0 Å². The molecule has 0 radical (unpaired) electrons. The first-order valence-corrected chi connectivity index (χ1v) is 8.71. The van der Waals surface area contributed by atoms with Gasteiger partial charge in [-0.3, -0.25) is 0 Å². The van der Waals surface area contributed by atoms with E-state index in [4.69, 9.17) is 11.6 Å². The summed E-state index contributed by atoms with van der Waals surface area (Å²) in [5.74, 6) is 0.644. The van der Waals surface area contributed by atoms with Crippen molar-refractivity contribution < 1.29 is 0 Å². The molecule has 0 spiro atoms. The Hall–Kier alpha value is -0.910. The summed E-state index contributed by atoms with van der Waals surface area (Å²) in [4.78, 5) is 13.7. The summed E-state index contributed by atoms with van der Waals surface area (Å²) in [6.07, 6.45) is 6.12. The van der Waals surface area contributed by atoms with Crippen molar-refractivity contribution in [2.75, 3.05) is 32.5 Å². The van der Waals surface area contributed by atoms with Gasteiger partial charge in [0.15, 0.2) is 0 Å². The van der Waals surface area contributed by atoms with E-state index >= 15 is 0 Å². The second-order valence-corrected chi connectivity index (χ2v) is 7.25. The number of rotatable bonds is 4. The maximum absolute atomic E-state index is 6.44. The van der Waals surface area contributed by atoms with Crippen molar-refractivity contribution in [1.29, 1.82) is 0 Å². The van der Waals surface area contributed by atoms with Crippen molar-refractivity contribution >= 4 is 39.1 Å². The molecule has 0 bridgehead atoms. The number of likely N-dealkylation sites (N-methyl/N-ethyl adjacent to an activating group) is 1. The molecule has 21 heavy (non-hydrogen) atoms. The van der Waals surface area contributed by atoms with E-state index in [2.05, 4.69) is 34.3 Å². The normalized spacial score (nSPS) is 15.2. The van der Waals surface area contributed by atoms with Crippen LogP contribution < -0.4 is 5.32 Å². The van der Waals surface area contributed by atoms with E-state index in [0.29, 0.717) is 11.1 Å². The molecule has 0 atom stereocenters. The average Bonchev–Trinajstić information content (AvgIpc) is 2.61. The third kappa shape index (κ3) is 3.30. The standard InChI is InChI=1S/C15H21ClN4S/c1-20(2)9-8-17-15-18-13(16)12-10-6-4-3-5-7-11(10)21-14(12)19-15/h3-9H2,1-2H3,(H,17,18,19). The molecule has 1 aliphatic carbocycles. The number of hydrogen-bond acceptors (Lipinski definition) is 5. The van der Waals surface area contributed by atoms with E-state index in [-0.39, 0.29) is 0 Å². The van der Waals surface area contributed by atoms with Crippen molar-refractivity contribution in [2.24, 2.45) is 0 Å². The highest BCUT2D eigenvalue weighted by Gasteiger charge is 2.19. The molecule has 0 saturated heterocycles. The summed E-state index contributed by atoms with van der Waals surface area (Å²) in [5, 5.41) is 4.96. The van der Waals surface area contributed by atoms with Crippen LogP contribution in [-0.2, 0) is 12.8 Å². The van der Waals surface area contributed by atoms with Crippen LogP contribution in [0.15, 0.2) is 0 Å². The first kappa shape index (κ1) is 15.0. The quantitative estimate of drug-likeness (QED) is 0.689. The Morgan fingerprint density at radius 2 is 2.00 bits per heavy atom. The summed E-state index contributed by atoms with van der Waals surface area (Å²) < 4.78 is 0. The molecule has 2 aromatic heterocycles. The third-order valence-electron chi connectivity index (χ3n) is 3.86. The first-order chi connectivity index (χ1) is 10.1. The summed E-state index contributed by atoms with van der Waals surface area (Å²) in [6, 6.07) is 0.